The van der Waals surface area contributed by atoms with Crippen LogP contribution in [0.5, 0.6) is 0 Å². The highest BCUT2D eigenvalue weighted by Crippen LogP contribution is 2.41. The maximum atomic E-state index is 13.8. The van der Waals surface area contributed by atoms with E-state index in [4.69, 9.17) is 47.0 Å². The average molecular weight is 669 g/mol. The van der Waals surface area contributed by atoms with Gasteiger partial charge < -0.3 is 10.6 Å². The Labute approximate surface area is 236 Å². The first kappa shape index (κ1) is 30.0. The van der Waals surface area contributed by atoms with E-state index in [-0.39, 0.29) is 35.7 Å². The summed E-state index contributed by atoms with van der Waals surface area (Å²) in [5.74, 6) is -2.64. The maximum Gasteiger partial charge on any atom is 0.405 e. The van der Waals surface area contributed by atoms with E-state index in [2.05, 4.69) is 26.6 Å². The molecule has 0 heterocycles. The SMILES string of the molecule is O=C(NC1(C(=S)NCC(F)(F)F)CC1)c1ccc(/C=C/C(c2cc(Cl)c(Cl)c(Cl)c2)C(F)(F)F)cc1Br. The number of thiocarbonyl (C=S) groups is 1. The number of allylic oxidation sites excluding steroid dienone is 1. The lowest BCUT2D eigenvalue weighted by Crippen LogP contribution is -2.49. The number of nitrogens with one attached hydrogen (secondary N) is 2. The molecular weight excluding hydrogens is 653 g/mol. The first-order valence-electron chi connectivity index (χ1n) is 10.4. The summed E-state index contributed by atoms with van der Waals surface area (Å²) in [6, 6.07) is 6.40. The monoisotopic (exact) mass is 666 g/mol. The zero-order valence-corrected chi connectivity index (χ0v) is 23.0. The molecule has 1 atom stereocenters. The van der Waals surface area contributed by atoms with E-state index in [0.717, 1.165) is 18.2 Å². The first-order valence-corrected chi connectivity index (χ1v) is 12.7. The summed E-state index contributed by atoms with van der Waals surface area (Å²) in [5.41, 5.74) is -0.808. The number of rotatable bonds is 7. The zero-order valence-electron chi connectivity index (χ0n) is 18.3. The van der Waals surface area contributed by atoms with Crippen molar-refractivity contribution in [3.8, 4) is 0 Å². The summed E-state index contributed by atoms with van der Waals surface area (Å²) in [4.78, 5) is 12.6. The molecular formula is C23H16BrCl3F6N2OS. The number of hydrogen-bond donors (Lipinski definition) is 2. The second-order valence-corrected chi connectivity index (χ2v) is 10.7. The Morgan fingerprint density at radius 3 is 2.16 bits per heavy atom. The smallest absolute Gasteiger partial charge is 0.369 e. The van der Waals surface area contributed by atoms with Crippen molar-refractivity contribution in [2.75, 3.05) is 6.54 Å². The number of halogens is 10. The highest BCUT2D eigenvalue weighted by atomic mass is 79.9. The summed E-state index contributed by atoms with van der Waals surface area (Å²) >= 11 is 25.9. The third kappa shape index (κ3) is 7.75. The minimum atomic E-state index is -4.66. The molecule has 2 aromatic carbocycles. The van der Waals surface area contributed by atoms with Gasteiger partial charge >= 0.3 is 12.4 Å². The van der Waals surface area contributed by atoms with Crippen molar-refractivity contribution in [2.45, 2.75) is 36.7 Å². The molecule has 0 spiro atoms. The van der Waals surface area contributed by atoms with Crippen LogP contribution >= 0.6 is 63.0 Å². The van der Waals surface area contributed by atoms with Crippen LogP contribution in [0.3, 0.4) is 0 Å². The number of amides is 1. The fourth-order valence-electron chi connectivity index (χ4n) is 3.36. The van der Waals surface area contributed by atoms with Crippen molar-refractivity contribution in [2.24, 2.45) is 0 Å². The Balaban J connectivity index is 1.76. The van der Waals surface area contributed by atoms with Gasteiger partial charge in [0.15, 0.2) is 0 Å². The van der Waals surface area contributed by atoms with Crippen LogP contribution in [0.15, 0.2) is 40.9 Å². The van der Waals surface area contributed by atoms with E-state index in [1.165, 1.54) is 24.3 Å². The van der Waals surface area contributed by atoms with E-state index >= 15 is 0 Å². The second-order valence-electron chi connectivity index (χ2n) is 8.25. The lowest BCUT2D eigenvalue weighted by atomic mass is 9.97. The van der Waals surface area contributed by atoms with E-state index < -0.39 is 36.3 Å². The molecule has 14 heteroatoms. The van der Waals surface area contributed by atoms with Gasteiger partial charge in [0.2, 0.25) is 0 Å². The highest BCUT2D eigenvalue weighted by Gasteiger charge is 2.49. The van der Waals surface area contributed by atoms with Gasteiger partial charge in [-0.25, -0.2) is 0 Å². The molecule has 200 valence electrons. The third-order valence-corrected chi connectivity index (χ3v) is 7.81. The molecule has 2 aromatic rings. The van der Waals surface area contributed by atoms with Crippen LogP contribution in [0.2, 0.25) is 15.1 Å². The summed E-state index contributed by atoms with van der Waals surface area (Å²) < 4.78 is 78.9. The fraction of sp³-hybridized carbons (Fsp3) is 0.304. The molecule has 1 unspecified atom stereocenters. The topological polar surface area (TPSA) is 41.1 Å². The molecule has 37 heavy (non-hydrogen) atoms. The summed E-state index contributed by atoms with van der Waals surface area (Å²) in [7, 11) is 0. The molecule has 0 bridgehead atoms. The van der Waals surface area contributed by atoms with Crippen LogP contribution < -0.4 is 10.6 Å². The van der Waals surface area contributed by atoms with Gasteiger partial charge in [-0.2, -0.15) is 26.3 Å². The molecule has 0 aromatic heterocycles. The van der Waals surface area contributed by atoms with E-state index in [0.29, 0.717) is 18.4 Å². The highest BCUT2D eigenvalue weighted by molar-refractivity contribution is 9.10. The zero-order chi connectivity index (χ0) is 27.8. The molecule has 0 saturated heterocycles. The van der Waals surface area contributed by atoms with Gasteiger partial charge in [-0.3, -0.25) is 4.79 Å². The van der Waals surface area contributed by atoms with Gasteiger partial charge in [-0.05, 0) is 64.2 Å². The molecule has 0 aliphatic heterocycles. The van der Waals surface area contributed by atoms with Gasteiger partial charge in [-0.15, -0.1) is 0 Å². The number of hydrogen-bond acceptors (Lipinski definition) is 2. The minimum absolute atomic E-state index is 0.0559. The van der Waals surface area contributed by atoms with Crippen molar-refractivity contribution in [3.63, 3.8) is 0 Å². The van der Waals surface area contributed by atoms with Crippen LogP contribution in [0.1, 0.15) is 40.2 Å². The van der Waals surface area contributed by atoms with Gasteiger partial charge in [0.25, 0.3) is 5.91 Å². The van der Waals surface area contributed by atoms with Crippen LogP contribution in [-0.2, 0) is 0 Å². The van der Waals surface area contributed by atoms with Crippen molar-refractivity contribution in [3.05, 3.63) is 72.6 Å². The maximum absolute atomic E-state index is 13.8. The van der Waals surface area contributed by atoms with Crippen molar-refractivity contribution < 1.29 is 31.1 Å². The third-order valence-electron chi connectivity index (χ3n) is 5.42. The molecule has 1 aliphatic carbocycles. The van der Waals surface area contributed by atoms with Crippen molar-refractivity contribution in [1.82, 2.24) is 10.6 Å². The largest absolute Gasteiger partial charge is 0.405 e. The summed E-state index contributed by atoms with van der Waals surface area (Å²) in [5, 5.41) is 4.47. The minimum Gasteiger partial charge on any atom is -0.369 e. The quantitative estimate of drug-likeness (QED) is 0.177. The van der Waals surface area contributed by atoms with Crippen LogP contribution in [-0.4, -0.2) is 35.3 Å². The van der Waals surface area contributed by atoms with Crippen LogP contribution in [0.4, 0.5) is 26.3 Å². The Morgan fingerprint density at radius 2 is 1.68 bits per heavy atom. The Bertz CT molecular complexity index is 1220. The molecule has 1 fully saturated rings. The molecule has 2 N–H and O–H groups in total. The predicted molar refractivity (Wildman–Crippen MR) is 140 cm³/mol. The number of carbonyl (C=O) groups is 1. The fourth-order valence-corrected chi connectivity index (χ4v) is 4.88. The Hall–Kier alpha value is -1.53. The molecule has 1 saturated carbocycles. The van der Waals surface area contributed by atoms with E-state index in [1.807, 2.05) is 0 Å². The van der Waals surface area contributed by atoms with Crippen molar-refractivity contribution >= 4 is 79.9 Å². The average Bonchev–Trinajstić information content (AvgIpc) is 3.55. The number of carbonyl (C=O) groups excluding carboxylic acids is 1. The molecule has 1 aliphatic rings. The Kier molecular flexibility index (Phi) is 9.16. The second kappa shape index (κ2) is 11.3. The van der Waals surface area contributed by atoms with Gasteiger partial charge in [0.1, 0.15) is 11.5 Å². The van der Waals surface area contributed by atoms with Gasteiger partial charge in [-0.1, -0.05) is 65.2 Å². The predicted octanol–water partition coefficient (Wildman–Crippen LogP) is 8.51. The Morgan fingerprint density at radius 1 is 1.08 bits per heavy atom. The van der Waals surface area contributed by atoms with Crippen LogP contribution in [0, 0.1) is 0 Å². The summed E-state index contributed by atoms with van der Waals surface area (Å²) in [6.07, 6.45) is -6.24. The molecule has 1 amide bonds. The summed E-state index contributed by atoms with van der Waals surface area (Å²) in [6.45, 7) is -1.32. The van der Waals surface area contributed by atoms with Gasteiger partial charge in [0.05, 0.1) is 32.1 Å². The number of alkyl halides is 6. The first-order chi connectivity index (χ1) is 17.0. The van der Waals surface area contributed by atoms with Crippen LogP contribution in [0.25, 0.3) is 6.08 Å². The van der Waals surface area contributed by atoms with Crippen molar-refractivity contribution in [1.29, 1.82) is 0 Å². The molecule has 0 radical (unpaired) electrons. The lowest BCUT2D eigenvalue weighted by molar-refractivity contribution is -0.139. The van der Waals surface area contributed by atoms with E-state index in [9.17, 15) is 31.1 Å². The van der Waals surface area contributed by atoms with E-state index in [1.54, 1.807) is 0 Å². The molecule has 3 nitrogen and oxygen atoms in total. The lowest BCUT2D eigenvalue weighted by Gasteiger charge is -2.21. The standard InChI is InChI=1S/C23H16BrCl3F6N2OS/c24-15-7-11(2-4-14(23(31,32)33)12-8-16(25)18(27)17(26)9-12)1-3-13(15)19(36)35-21(5-6-21)20(37)34-10-22(28,29)30/h1-4,7-9,14H,5-6,10H2,(H,34,37)(H,35,36)/b4-2+. The van der Waals surface area contributed by atoms with Gasteiger partial charge in [0, 0.05) is 4.47 Å². The molecule has 3 rings (SSSR count). The normalized spacial score (nSPS) is 15.9. The number of benzene rings is 2.